The minimum absolute atomic E-state index is 0.126. The van der Waals surface area contributed by atoms with Gasteiger partial charge < -0.3 is 15.2 Å². The van der Waals surface area contributed by atoms with Crippen molar-refractivity contribution < 1.29 is 23.1 Å². The lowest BCUT2D eigenvalue weighted by Gasteiger charge is -2.29. The van der Waals surface area contributed by atoms with Gasteiger partial charge in [0.25, 0.3) is 5.91 Å². The van der Waals surface area contributed by atoms with Gasteiger partial charge in [-0.1, -0.05) is 6.92 Å². The normalized spacial score (nSPS) is 18.1. The molecule has 1 saturated heterocycles. The topological polar surface area (TPSA) is 107 Å². The summed E-state index contributed by atoms with van der Waals surface area (Å²) in [6.07, 6.45) is 1.67. The number of piperidine rings is 1. The molecule has 0 spiro atoms. The van der Waals surface area contributed by atoms with E-state index in [1.54, 1.807) is 0 Å². The number of hydrogen-bond acceptors (Lipinski definition) is 5. The molecule has 1 aromatic rings. The number of aliphatic carboxylic acids is 1. The van der Waals surface area contributed by atoms with Crippen molar-refractivity contribution in [3.05, 3.63) is 29.8 Å². The average Bonchev–Trinajstić information content (AvgIpc) is 2.55. The molecule has 24 heavy (non-hydrogen) atoms. The lowest BCUT2D eigenvalue weighted by molar-refractivity contribution is -0.307. The SMILES string of the molecule is CC1CCN(S(=O)(=O)c2ccc(C(=O)N[C@@H](C)C(=O)[O-])cc2)CC1. The Morgan fingerprint density at radius 3 is 2.25 bits per heavy atom. The lowest BCUT2D eigenvalue weighted by atomic mass is 10.0. The van der Waals surface area contributed by atoms with Gasteiger partial charge in [0.05, 0.1) is 16.9 Å². The van der Waals surface area contributed by atoms with E-state index in [9.17, 15) is 23.1 Å². The summed E-state index contributed by atoms with van der Waals surface area (Å²) >= 11 is 0. The Kier molecular flexibility index (Phi) is 5.61. The van der Waals surface area contributed by atoms with Gasteiger partial charge in [-0.15, -0.1) is 0 Å². The van der Waals surface area contributed by atoms with Crippen LogP contribution < -0.4 is 10.4 Å². The van der Waals surface area contributed by atoms with Gasteiger partial charge >= 0.3 is 0 Å². The van der Waals surface area contributed by atoms with Crippen LogP contribution in [-0.2, 0) is 14.8 Å². The van der Waals surface area contributed by atoms with Gasteiger partial charge in [-0.2, -0.15) is 4.31 Å². The molecule has 8 heteroatoms. The van der Waals surface area contributed by atoms with Crippen molar-refractivity contribution in [3.8, 4) is 0 Å². The van der Waals surface area contributed by atoms with E-state index in [1.165, 1.54) is 35.5 Å². The highest BCUT2D eigenvalue weighted by molar-refractivity contribution is 7.89. The number of carbonyl (C=O) groups is 2. The first kappa shape index (κ1) is 18.4. The van der Waals surface area contributed by atoms with Crippen LogP contribution in [0.1, 0.15) is 37.0 Å². The van der Waals surface area contributed by atoms with Crippen LogP contribution >= 0.6 is 0 Å². The zero-order valence-electron chi connectivity index (χ0n) is 13.7. The van der Waals surface area contributed by atoms with Crippen LogP contribution in [0, 0.1) is 5.92 Å². The minimum atomic E-state index is -3.57. The molecule has 1 aliphatic heterocycles. The smallest absolute Gasteiger partial charge is 0.251 e. The maximum Gasteiger partial charge on any atom is 0.251 e. The summed E-state index contributed by atoms with van der Waals surface area (Å²) in [5.74, 6) is -1.46. The van der Waals surface area contributed by atoms with E-state index in [4.69, 9.17) is 0 Å². The third kappa shape index (κ3) is 4.12. The highest BCUT2D eigenvalue weighted by atomic mass is 32.2. The second-order valence-electron chi connectivity index (χ2n) is 6.13. The highest BCUT2D eigenvalue weighted by Crippen LogP contribution is 2.23. The third-order valence-corrected chi connectivity index (χ3v) is 6.11. The molecule has 1 fully saturated rings. The molecule has 1 N–H and O–H groups in total. The summed E-state index contributed by atoms with van der Waals surface area (Å²) in [5, 5.41) is 12.9. The van der Waals surface area contributed by atoms with Crippen molar-refractivity contribution in [2.75, 3.05) is 13.1 Å². The molecule has 0 radical (unpaired) electrons. The van der Waals surface area contributed by atoms with Crippen LogP contribution in [0.25, 0.3) is 0 Å². The number of rotatable bonds is 5. The first-order valence-electron chi connectivity index (χ1n) is 7.83. The second kappa shape index (κ2) is 7.31. The quantitative estimate of drug-likeness (QED) is 0.800. The minimum Gasteiger partial charge on any atom is -0.548 e. The number of sulfonamides is 1. The molecular weight excluding hydrogens is 332 g/mol. The van der Waals surface area contributed by atoms with Crippen LogP contribution in [0.4, 0.5) is 0 Å². The summed E-state index contributed by atoms with van der Waals surface area (Å²) in [6.45, 7) is 4.39. The molecule has 132 valence electrons. The van der Waals surface area contributed by atoms with E-state index in [0.717, 1.165) is 12.8 Å². The summed E-state index contributed by atoms with van der Waals surface area (Å²) in [6, 6.07) is 4.35. The van der Waals surface area contributed by atoms with Crippen molar-refractivity contribution >= 4 is 21.9 Å². The fourth-order valence-electron chi connectivity index (χ4n) is 2.49. The third-order valence-electron chi connectivity index (χ3n) is 4.20. The molecule has 1 heterocycles. The molecular formula is C16H21N2O5S-. The predicted molar refractivity (Wildman–Crippen MR) is 85.5 cm³/mol. The number of carboxylic acids is 1. The molecule has 0 saturated carbocycles. The van der Waals surface area contributed by atoms with Gasteiger partial charge in [-0.25, -0.2) is 8.42 Å². The van der Waals surface area contributed by atoms with Crippen molar-refractivity contribution in [1.82, 2.24) is 9.62 Å². The van der Waals surface area contributed by atoms with Gasteiger partial charge in [-0.05, 0) is 49.9 Å². The number of benzene rings is 1. The van der Waals surface area contributed by atoms with Crippen molar-refractivity contribution in [2.45, 2.75) is 37.6 Å². The van der Waals surface area contributed by atoms with E-state index in [-0.39, 0.29) is 10.5 Å². The molecule has 1 aromatic carbocycles. The van der Waals surface area contributed by atoms with Gasteiger partial charge in [-0.3, -0.25) is 4.79 Å². The molecule has 0 unspecified atom stereocenters. The van der Waals surface area contributed by atoms with Gasteiger partial charge in [0.2, 0.25) is 10.0 Å². The van der Waals surface area contributed by atoms with E-state index in [2.05, 4.69) is 12.2 Å². The van der Waals surface area contributed by atoms with E-state index < -0.39 is 27.9 Å². The Morgan fingerprint density at radius 2 is 1.75 bits per heavy atom. The highest BCUT2D eigenvalue weighted by Gasteiger charge is 2.28. The molecule has 0 bridgehead atoms. The molecule has 7 nitrogen and oxygen atoms in total. The van der Waals surface area contributed by atoms with Crippen molar-refractivity contribution in [2.24, 2.45) is 5.92 Å². The standard InChI is InChI=1S/C16H22N2O5S/c1-11-7-9-18(10-8-11)24(22,23)14-5-3-13(4-6-14)15(19)17-12(2)16(20)21/h3-6,11-12H,7-10H2,1-2H3,(H,17,19)(H,20,21)/p-1/t12-/m0/s1. The second-order valence-corrected chi connectivity index (χ2v) is 8.06. The number of nitrogens with one attached hydrogen (secondary N) is 1. The number of amides is 1. The van der Waals surface area contributed by atoms with E-state index >= 15 is 0 Å². The monoisotopic (exact) mass is 353 g/mol. The van der Waals surface area contributed by atoms with E-state index in [1.807, 2.05) is 0 Å². The van der Waals surface area contributed by atoms with E-state index in [0.29, 0.717) is 19.0 Å². The van der Waals surface area contributed by atoms with Crippen LogP contribution in [0.3, 0.4) is 0 Å². The van der Waals surface area contributed by atoms with Crippen molar-refractivity contribution in [3.63, 3.8) is 0 Å². The summed E-state index contributed by atoms with van der Waals surface area (Å²) in [7, 11) is -3.57. The summed E-state index contributed by atoms with van der Waals surface area (Å²) in [4.78, 5) is 22.7. The predicted octanol–water partition coefficient (Wildman–Crippen LogP) is -0.0246. The lowest BCUT2D eigenvalue weighted by Crippen LogP contribution is -2.45. The molecule has 1 amide bonds. The Balaban J connectivity index is 2.11. The van der Waals surface area contributed by atoms with Crippen LogP contribution in [0.15, 0.2) is 29.2 Å². The number of nitrogens with zero attached hydrogens (tertiary/aromatic N) is 1. The largest absolute Gasteiger partial charge is 0.548 e. The average molecular weight is 353 g/mol. The van der Waals surface area contributed by atoms with Crippen LogP contribution in [0.5, 0.6) is 0 Å². The molecule has 2 rings (SSSR count). The molecule has 1 atom stereocenters. The number of hydrogen-bond donors (Lipinski definition) is 1. The Morgan fingerprint density at radius 1 is 1.21 bits per heavy atom. The summed E-state index contributed by atoms with van der Waals surface area (Å²) < 4.78 is 26.6. The number of carboxylic acid groups (broad SMARTS) is 1. The maximum atomic E-state index is 12.6. The molecule has 1 aliphatic rings. The molecule has 0 aromatic heterocycles. The molecule has 0 aliphatic carbocycles. The van der Waals surface area contributed by atoms with Crippen LogP contribution in [0.2, 0.25) is 0 Å². The Labute approximate surface area is 141 Å². The van der Waals surface area contributed by atoms with Gasteiger partial charge in [0, 0.05) is 18.7 Å². The number of carbonyl (C=O) groups excluding carboxylic acids is 2. The van der Waals surface area contributed by atoms with Gasteiger partial charge in [0.15, 0.2) is 0 Å². The fraction of sp³-hybridized carbons (Fsp3) is 0.500. The zero-order valence-corrected chi connectivity index (χ0v) is 14.5. The maximum absolute atomic E-state index is 12.6. The van der Waals surface area contributed by atoms with Gasteiger partial charge in [0.1, 0.15) is 0 Å². The van der Waals surface area contributed by atoms with Crippen molar-refractivity contribution in [1.29, 1.82) is 0 Å². The first-order chi connectivity index (χ1) is 11.2. The zero-order chi connectivity index (χ0) is 17.9. The summed E-state index contributed by atoms with van der Waals surface area (Å²) in [5.41, 5.74) is 0.189. The Hall–Kier alpha value is -1.93. The fourth-order valence-corrected chi connectivity index (χ4v) is 3.96. The Bertz CT molecular complexity index is 706. The van der Waals surface area contributed by atoms with Crippen LogP contribution in [-0.4, -0.2) is 43.7 Å². The first-order valence-corrected chi connectivity index (χ1v) is 9.27.